The van der Waals surface area contributed by atoms with Crippen LogP contribution in [-0.2, 0) is 10.0 Å². The number of likely N-dealkylation sites (tertiary alicyclic amines) is 1. The Hall–Kier alpha value is -0.130. The zero-order valence-electron chi connectivity index (χ0n) is 17.9. The largest absolute Gasteiger partial charge is 0.355 e. The Morgan fingerprint density at radius 1 is 1.03 bits per heavy atom. The molecule has 1 saturated heterocycles. The van der Waals surface area contributed by atoms with Crippen LogP contribution in [0.25, 0.3) is 0 Å². The van der Waals surface area contributed by atoms with Gasteiger partial charge in [-0.25, -0.2) is 13.1 Å². The minimum absolute atomic E-state index is 0. The zero-order valence-corrected chi connectivity index (χ0v) is 21.0. The number of guanidine groups is 1. The molecule has 0 radical (unpaired) electrons. The number of sulfonamides is 1. The standard InChI is InChI=1S/C20H39N5O2S.HI/c1-21-20(22-12-14-28(26,27)23-15-17-7-5-8-17)24-18-9-6-13-25(16-18)19-10-3-2-4-11-19;/h17-19,23H,2-16H2,1H3,(H2,21,22,24);1H. The van der Waals surface area contributed by atoms with E-state index in [0.717, 1.165) is 31.8 Å². The number of nitrogens with zero attached hydrogens (tertiary/aromatic N) is 2. The molecule has 3 fully saturated rings. The molecule has 9 heteroatoms. The lowest BCUT2D eigenvalue weighted by Crippen LogP contribution is -2.54. The molecule has 0 aromatic carbocycles. The van der Waals surface area contributed by atoms with Crippen molar-refractivity contribution in [2.75, 3.05) is 39.0 Å². The fraction of sp³-hybridized carbons (Fsp3) is 0.950. The summed E-state index contributed by atoms with van der Waals surface area (Å²) in [6.45, 7) is 3.24. The van der Waals surface area contributed by atoms with Gasteiger partial charge in [-0.1, -0.05) is 25.7 Å². The van der Waals surface area contributed by atoms with E-state index < -0.39 is 10.0 Å². The smallest absolute Gasteiger partial charge is 0.213 e. The molecule has 29 heavy (non-hydrogen) atoms. The fourth-order valence-corrected chi connectivity index (χ4v) is 5.61. The molecular weight excluding hydrogens is 501 g/mol. The molecule has 1 atom stereocenters. The summed E-state index contributed by atoms with van der Waals surface area (Å²) in [5.41, 5.74) is 0. The number of hydrogen-bond donors (Lipinski definition) is 3. The van der Waals surface area contributed by atoms with E-state index in [1.165, 1.54) is 51.5 Å². The Morgan fingerprint density at radius 3 is 2.45 bits per heavy atom. The predicted molar refractivity (Wildman–Crippen MR) is 131 cm³/mol. The Labute approximate surface area is 194 Å². The maximum atomic E-state index is 12.1. The molecule has 1 heterocycles. The lowest BCUT2D eigenvalue weighted by atomic mass is 9.86. The average molecular weight is 542 g/mol. The van der Waals surface area contributed by atoms with Crippen LogP contribution in [0.5, 0.6) is 0 Å². The van der Waals surface area contributed by atoms with Gasteiger partial charge in [0.1, 0.15) is 0 Å². The van der Waals surface area contributed by atoms with Crippen LogP contribution >= 0.6 is 24.0 Å². The van der Waals surface area contributed by atoms with E-state index in [2.05, 4.69) is 25.2 Å². The van der Waals surface area contributed by atoms with Gasteiger partial charge in [0.25, 0.3) is 0 Å². The summed E-state index contributed by atoms with van der Waals surface area (Å²) in [6, 6.07) is 1.13. The Bertz CT molecular complexity index is 606. The summed E-state index contributed by atoms with van der Waals surface area (Å²) in [6.07, 6.45) is 12.7. The van der Waals surface area contributed by atoms with Crippen LogP contribution in [0.15, 0.2) is 4.99 Å². The summed E-state index contributed by atoms with van der Waals surface area (Å²) < 4.78 is 27.0. The highest BCUT2D eigenvalue weighted by Crippen LogP contribution is 2.26. The second kappa shape index (κ2) is 12.7. The van der Waals surface area contributed by atoms with Gasteiger partial charge >= 0.3 is 0 Å². The van der Waals surface area contributed by atoms with Crippen molar-refractivity contribution >= 4 is 40.0 Å². The number of aliphatic imine (C=N–C) groups is 1. The van der Waals surface area contributed by atoms with E-state index in [-0.39, 0.29) is 29.7 Å². The fourth-order valence-electron chi connectivity index (χ4n) is 4.61. The number of halogens is 1. The minimum Gasteiger partial charge on any atom is -0.355 e. The number of hydrogen-bond acceptors (Lipinski definition) is 4. The third-order valence-corrected chi connectivity index (χ3v) is 7.94. The highest BCUT2D eigenvalue weighted by atomic mass is 127. The van der Waals surface area contributed by atoms with Gasteiger partial charge in [0.15, 0.2) is 5.96 Å². The third kappa shape index (κ3) is 8.49. The highest BCUT2D eigenvalue weighted by Gasteiger charge is 2.27. The summed E-state index contributed by atoms with van der Waals surface area (Å²) in [5.74, 6) is 1.33. The van der Waals surface area contributed by atoms with Gasteiger partial charge in [0.05, 0.1) is 5.75 Å². The minimum atomic E-state index is -3.22. The van der Waals surface area contributed by atoms with E-state index in [0.29, 0.717) is 31.0 Å². The highest BCUT2D eigenvalue weighted by molar-refractivity contribution is 14.0. The molecule has 7 nitrogen and oxygen atoms in total. The molecule has 2 saturated carbocycles. The van der Waals surface area contributed by atoms with Gasteiger partial charge in [-0.3, -0.25) is 9.89 Å². The van der Waals surface area contributed by atoms with Crippen molar-refractivity contribution in [3.05, 3.63) is 0 Å². The molecule has 1 unspecified atom stereocenters. The Morgan fingerprint density at radius 2 is 1.79 bits per heavy atom. The van der Waals surface area contributed by atoms with E-state index in [1.807, 2.05) is 0 Å². The first-order valence-corrected chi connectivity index (χ1v) is 12.9. The van der Waals surface area contributed by atoms with Crippen molar-refractivity contribution in [2.45, 2.75) is 76.3 Å². The van der Waals surface area contributed by atoms with Crippen molar-refractivity contribution < 1.29 is 8.42 Å². The molecule has 3 aliphatic rings. The lowest BCUT2D eigenvalue weighted by molar-refractivity contribution is 0.115. The van der Waals surface area contributed by atoms with Crippen molar-refractivity contribution in [3.63, 3.8) is 0 Å². The van der Waals surface area contributed by atoms with Crippen LogP contribution in [0.3, 0.4) is 0 Å². The first kappa shape index (κ1) is 25.1. The van der Waals surface area contributed by atoms with Crippen LogP contribution in [0, 0.1) is 5.92 Å². The molecule has 0 aromatic heterocycles. The van der Waals surface area contributed by atoms with Crippen LogP contribution in [0.1, 0.15) is 64.2 Å². The molecule has 1 aliphatic heterocycles. The summed E-state index contributed by atoms with van der Waals surface area (Å²) in [4.78, 5) is 6.95. The van der Waals surface area contributed by atoms with E-state index in [4.69, 9.17) is 0 Å². The van der Waals surface area contributed by atoms with Crippen LogP contribution in [0.4, 0.5) is 0 Å². The van der Waals surface area contributed by atoms with E-state index in [1.54, 1.807) is 7.05 Å². The molecule has 2 aliphatic carbocycles. The summed E-state index contributed by atoms with van der Waals surface area (Å²) in [5, 5.41) is 6.70. The van der Waals surface area contributed by atoms with E-state index in [9.17, 15) is 8.42 Å². The topological polar surface area (TPSA) is 85.8 Å². The van der Waals surface area contributed by atoms with Gasteiger partial charge in [0.2, 0.25) is 10.0 Å². The van der Waals surface area contributed by atoms with Gasteiger partial charge in [-0.05, 0) is 51.0 Å². The second-order valence-corrected chi connectivity index (χ2v) is 10.7. The van der Waals surface area contributed by atoms with Gasteiger partial charge < -0.3 is 10.6 Å². The van der Waals surface area contributed by atoms with Gasteiger partial charge in [-0.2, -0.15) is 0 Å². The first-order valence-electron chi connectivity index (χ1n) is 11.2. The molecule has 170 valence electrons. The number of piperidine rings is 1. The van der Waals surface area contributed by atoms with Crippen molar-refractivity contribution in [1.29, 1.82) is 0 Å². The zero-order chi connectivity index (χ0) is 19.8. The number of nitrogens with one attached hydrogen (secondary N) is 3. The molecule has 0 spiro atoms. The Balaban J connectivity index is 0.00000300. The quantitative estimate of drug-likeness (QED) is 0.250. The molecule has 3 N–H and O–H groups in total. The molecule has 0 aromatic rings. The average Bonchev–Trinajstić information content (AvgIpc) is 2.66. The van der Waals surface area contributed by atoms with Crippen LogP contribution in [0.2, 0.25) is 0 Å². The maximum Gasteiger partial charge on any atom is 0.213 e. The van der Waals surface area contributed by atoms with Crippen molar-refractivity contribution in [1.82, 2.24) is 20.3 Å². The van der Waals surface area contributed by atoms with Crippen molar-refractivity contribution in [2.24, 2.45) is 10.9 Å². The second-order valence-electron chi connectivity index (χ2n) is 8.73. The predicted octanol–water partition coefficient (Wildman–Crippen LogP) is 2.29. The summed E-state index contributed by atoms with van der Waals surface area (Å²) >= 11 is 0. The van der Waals surface area contributed by atoms with Crippen molar-refractivity contribution in [3.8, 4) is 0 Å². The Kier molecular flexibility index (Phi) is 11.0. The monoisotopic (exact) mass is 541 g/mol. The molecular formula is C20H40IN5O2S. The maximum absolute atomic E-state index is 12.1. The van der Waals surface area contributed by atoms with Gasteiger partial charge in [-0.15, -0.1) is 24.0 Å². The molecule has 3 rings (SSSR count). The first-order chi connectivity index (χ1) is 13.6. The van der Waals surface area contributed by atoms with E-state index >= 15 is 0 Å². The van der Waals surface area contributed by atoms with Crippen LogP contribution in [-0.4, -0.2) is 70.3 Å². The van der Waals surface area contributed by atoms with Crippen LogP contribution < -0.4 is 15.4 Å². The number of rotatable bonds is 8. The normalized spacial score (nSPS) is 25.1. The molecule has 0 amide bonds. The lowest BCUT2D eigenvalue weighted by Gasteiger charge is -2.40. The SMILES string of the molecule is CN=C(NCCS(=O)(=O)NCC1CCC1)NC1CCCN(C2CCCCC2)C1.I. The summed E-state index contributed by atoms with van der Waals surface area (Å²) in [7, 11) is -1.47. The molecule has 0 bridgehead atoms. The van der Waals surface area contributed by atoms with Gasteiger partial charge in [0, 0.05) is 38.8 Å². The third-order valence-electron chi connectivity index (χ3n) is 6.59.